The lowest BCUT2D eigenvalue weighted by Crippen LogP contribution is -2.36. The van der Waals surface area contributed by atoms with Crippen molar-refractivity contribution in [3.8, 4) is 0 Å². The molecular weight excluding hydrogens is 170 g/mol. The molecule has 1 fully saturated rings. The first kappa shape index (κ1) is 10.5. The van der Waals surface area contributed by atoms with Crippen molar-refractivity contribution in [3.05, 3.63) is 0 Å². The van der Waals surface area contributed by atoms with Gasteiger partial charge in [0, 0.05) is 12.6 Å². The molecule has 0 aliphatic heterocycles. The molecule has 4 heteroatoms. The monoisotopic (exact) mass is 187 g/mol. The van der Waals surface area contributed by atoms with Crippen LogP contribution in [0.1, 0.15) is 25.7 Å². The van der Waals surface area contributed by atoms with Crippen LogP contribution < -0.4 is 5.32 Å². The van der Waals surface area contributed by atoms with Crippen LogP contribution >= 0.6 is 0 Å². The zero-order valence-electron chi connectivity index (χ0n) is 7.95. The quantitative estimate of drug-likeness (QED) is 0.611. The number of nitrogens with one attached hydrogen (secondary N) is 1. The van der Waals surface area contributed by atoms with E-state index in [2.05, 4.69) is 10.1 Å². The minimum Gasteiger partial charge on any atom is -0.469 e. The van der Waals surface area contributed by atoms with Crippen molar-refractivity contribution in [2.24, 2.45) is 0 Å². The summed E-state index contributed by atoms with van der Waals surface area (Å²) >= 11 is 0. The number of ether oxygens (including phenoxy) is 1. The molecule has 0 heterocycles. The minimum absolute atomic E-state index is 0.171. The zero-order chi connectivity index (χ0) is 9.68. The third kappa shape index (κ3) is 3.32. The molecule has 1 aliphatic rings. The van der Waals surface area contributed by atoms with Gasteiger partial charge >= 0.3 is 5.97 Å². The Kier molecular flexibility index (Phi) is 4.18. The van der Waals surface area contributed by atoms with Crippen LogP contribution in [0.3, 0.4) is 0 Å². The summed E-state index contributed by atoms with van der Waals surface area (Å²) in [6, 6.07) is 0.171. The van der Waals surface area contributed by atoms with Crippen molar-refractivity contribution >= 4 is 5.97 Å². The number of methoxy groups -OCH3 is 1. The molecule has 0 aromatic rings. The highest BCUT2D eigenvalue weighted by molar-refractivity contribution is 5.69. The van der Waals surface area contributed by atoms with Crippen LogP contribution in [-0.4, -0.2) is 36.9 Å². The molecule has 13 heavy (non-hydrogen) atoms. The third-order valence-corrected chi connectivity index (χ3v) is 2.44. The van der Waals surface area contributed by atoms with Crippen LogP contribution in [0, 0.1) is 0 Å². The molecule has 1 rings (SSSR count). The number of carbonyl (C=O) groups is 1. The predicted octanol–water partition coefficient (Wildman–Crippen LogP) is 0.0525. The Balaban J connectivity index is 2.08. The highest BCUT2D eigenvalue weighted by atomic mass is 16.5. The normalized spacial score (nSPS) is 27.5. The van der Waals surface area contributed by atoms with Gasteiger partial charge in [0.15, 0.2) is 0 Å². The lowest BCUT2D eigenvalue weighted by Gasteiger charge is -2.15. The van der Waals surface area contributed by atoms with Crippen LogP contribution in [0.15, 0.2) is 0 Å². The number of hydrogen-bond donors (Lipinski definition) is 2. The van der Waals surface area contributed by atoms with E-state index in [-0.39, 0.29) is 18.1 Å². The maximum atomic E-state index is 10.7. The fraction of sp³-hybridized carbons (Fsp3) is 0.889. The highest BCUT2D eigenvalue weighted by Gasteiger charge is 2.24. The Hall–Kier alpha value is -0.610. The molecule has 1 aliphatic carbocycles. The topological polar surface area (TPSA) is 58.6 Å². The van der Waals surface area contributed by atoms with E-state index in [0.29, 0.717) is 13.0 Å². The Bertz CT molecular complexity index is 172. The SMILES string of the molecule is COC(=O)CCN[C@@H]1CCC[C@H]1O. The second kappa shape index (κ2) is 5.19. The van der Waals surface area contributed by atoms with E-state index < -0.39 is 0 Å². The summed E-state index contributed by atoms with van der Waals surface area (Å²) < 4.78 is 4.50. The van der Waals surface area contributed by atoms with E-state index in [4.69, 9.17) is 0 Å². The number of aliphatic hydroxyl groups excluding tert-OH is 1. The van der Waals surface area contributed by atoms with Gasteiger partial charge in [-0.15, -0.1) is 0 Å². The van der Waals surface area contributed by atoms with Crippen molar-refractivity contribution in [3.63, 3.8) is 0 Å². The summed E-state index contributed by atoms with van der Waals surface area (Å²) in [6.07, 6.45) is 3.08. The van der Waals surface area contributed by atoms with E-state index in [1.165, 1.54) is 7.11 Å². The first-order chi connectivity index (χ1) is 6.24. The standard InChI is InChI=1S/C9H17NO3/c1-13-9(12)5-6-10-7-3-2-4-8(7)11/h7-8,10-11H,2-6H2,1H3/t7-,8-/m1/s1. The van der Waals surface area contributed by atoms with Crippen molar-refractivity contribution in [1.82, 2.24) is 5.32 Å². The lowest BCUT2D eigenvalue weighted by molar-refractivity contribution is -0.140. The molecular formula is C9H17NO3. The predicted molar refractivity (Wildman–Crippen MR) is 48.3 cm³/mol. The van der Waals surface area contributed by atoms with E-state index in [9.17, 15) is 9.90 Å². The molecule has 76 valence electrons. The third-order valence-electron chi connectivity index (χ3n) is 2.44. The van der Waals surface area contributed by atoms with E-state index in [1.807, 2.05) is 0 Å². The van der Waals surface area contributed by atoms with Gasteiger partial charge in [0.1, 0.15) is 0 Å². The second-order valence-electron chi connectivity index (χ2n) is 3.39. The van der Waals surface area contributed by atoms with Gasteiger partial charge in [0.2, 0.25) is 0 Å². The molecule has 0 saturated heterocycles. The lowest BCUT2D eigenvalue weighted by atomic mass is 10.2. The molecule has 0 unspecified atom stereocenters. The summed E-state index contributed by atoms with van der Waals surface area (Å²) in [6.45, 7) is 0.592. The van der Waals surface area contributed by atoms with Crippen molar-refractivity contribution in [2.75, 3.05) is 13.7 Å². The number of carbonyl (C=O) groups excluding carboxylic acids is 1. The van der Waals surface area contributed by atoms with E-state index >= 15 is 0 Å². The van der Waals surface area contributed by atoms with Gasteiger partial charge in [-0.1, -0.05) is 0 Å². The molecule has 0 radical (unpaired) electrons. The van der Waals surface area contributed by atoms with Crippen LogP contribution in [0.4, 0.5) is 0 Å². The maximum Gasteiger partial charge on any atom is 0.306 e. The summed E-state index contributed by atoms with van der Waals surface area (Å²) in [7, 11) is 1.38. The molecule has 2 atom stereocenters. The van der Waals surface area contributed by atoms with Crippen LogP contribution in [0.25, 0.3) is 0 Å². The molecule has 4 nitrogen and oxygen atoms in total. The second-order valence-corrected chi connectivity index (χ2v) is 3.39. The number of rotatable bonds is 4. The Labute approximate surface area is 78.3 Å². The smallest absolute Gasteiger partial charge is 0.306 e. The van der Waals surface area contributed by atoms with Gasteiger partial charge in [-0.2, -0.15) is 0 Å². The maximum absolute atomic E-state index is 10.7. The number of hydrogen-bond acceptors (Lipinski definition) is 4. The van der Waals surface area contributed by atoms with Gasteiger partial charge in [0.25, 0.3) is 0 Å². The molecule has 2 N–H and O–H groups in total. The van der Waals surface area contributed by atoms with E-state index in [1.54, 1.807) is 0 Å². The number of esters is 1. The van der Waals surface area contributed by atoms with Gasteiger partial charge < -0.3 is 15.2 Å². The molecule has 1 saturated carbocycles. The molecule has 0 aromatic heterocycles. The summed E-state index contributed by atoms with van der Waals surface area (Å²) in [5, 5.41) is 12.6. The summed E-state index contributed by atoms with van der Waals surface area (Å²) in [5.41, 5.74) is 0. The first-order valence-corrected chi connectivity index (χ1v) is 4.72. The molecule has 0 spiro atoms. The van der Waals surface area contributed by atoms with Gasteiger partial charge in [0.05, 0.1) is 19.6 Å². The molecule has 0 bridgehead atoms. The fourth-order valence-electron chi connectivity index (χ4n) is 1.64. The highest BCUT2D eigenvalue weighted by Crippen LogP contribution is 2.18. The van der Waals surface area contributed by atoms with Crippen LogP contribution in [0.2, 0.25) is 0 Å². The average Bonchev–Trinajstić information content (AvgIpc) is 2.52. The number of aliphatic hydroxyl groups is 1. The fourth-order valence-corrected chi connectivity index (χ4v) is 1.64. The summed E-state index contributed by atoms with van der Waals surface area (Å²) in [4.78, 5) is 10.7. The zero-order valence-corrected chi connectivity index (χ0v) is 7.95. The van der Waals surface area contributed by atoms with Gasteiger partial charge in [-0.3, -0.25) is 4.79 Å². The first-order valence-electron chi connectivity index (χ1n) is 4.72. The van der Waals surface area contributed by atoms with Gasteiger partial charge in [-0.05, 0) is 19.3 Å². The largest absolute Gasteiger partial charge is 0.469 e. The van der Waals surface area contributed by atoms with Crippen LogP contribution in [0.5, 0.6) is 0 Å². The van der Waals surface area contributed by atoms with Crippen molar-refractivity contribution in [1.29, 1.82) is 0 Å². The summed E-state index contributed by atoms with van der Waals surface area (Å²) in [5.74, 6) is -0.208. The molecule has 0 amide bonds. The average molecular weight is 187 g/mol. The Morgan fingerprint density at radius 2 is 2.38 bits per heavy atom. The van der Waals surface area contributed by atoms with Crippen molar-refractivity contribution in [2.45, 2.75) is 37.8 Å². The van der Waals surface area contributed by atoms with Crippen molar-refractivity contribution < 1.29 is 14.6 Å². The Morgan fingerprint density at radius 3 is 2.92 bits per heavy atom. The molecule has 0 aromatic carbocycles. The Morgan fingerprint density at radius 1 is 1.62 bits per heavy atom. The minimum atomic E-state index is -0.238. The van der Waals surface area contributed by atoms with Crippen LogP contribution in [-0.2, 0) is 9.53 Å². The van der Waals surface area contributed by atoms with E-state index in [0.717, 1.165) is 19.3 Å². The van der Waals surface area contributed by atoms with Gasteiger partial charge in [-0.25, -0.2) is 0 Å².